The average Bonchev–Trinajstić information content (AvgIpc) is 2.15. The third kappa shape index (κ3) is 4.02. The Balaban J connectivity index is 2.28. The molecule has 0 saturated heterocycles. The van der Waals surface area contributed by atoms with Crippen molar-refractivity contribution in [3.63, 3.8) is 0 Å². The molecule has 0 aliphatic carbocycles. The quantitative estimate of drug-likeness (QED) is 0.537. The molecule has 0 aliphatic rings. The van der Waals surface area contributed by atoms with E-state index in [1.165, 1.54) is 6.07 Å². The van der Waals surface area contributed by atoms with E-state index < -0.39 is 9.04 Å². The van der Waals surface area contributed by atoms with Gasteiger partial charge in [0.15, 0.2) is 0 Å². The summed E-state index contributed by atoms with van der Waals surface area (Å²) in [4.78, 5) is 0. The van der Waals surface area contributed by atoms with Crippen molar-refractivity contribution in [1.82, 2.24) is 0 Å². The molecule has 0 unspecified atom stereocenters. The standard InChI is InChI=1S/C11H16FOSi/c1-14(2)13-9-5-7-10-6-3-4-8-11(10)12/h3-4,6,8H,5,7,9H2,1-2H3. The Labute approximate surface area is 86.6 Å². The lowest BCUT2D eigenvalue weighted by Gasteiger charge is -2.06. The normalized spacial score (nSPS) is 10.9. The molecule has 1 aromatic rings. The molecule has 3 heteroatoms. The molecule has 0 N–H and O–H groups in total. The highest BCUT2D eigenvalue weighted by molar-refractivity contribution is 6.48. The first-order chi connectivity index (χ1) is 6.70. The molecule has 0 bridgehead atoms. The van der Waals surface area contributed by atoms with E-state index in [9.17, 15) is 4.39 Å². The van der Waals surface area contributed by atoms with Gasteiger partial charge in [0.25, 0.3) is 0 Å². The van der Waals surface area contributed by atoms with Gasteiger partial charge in [-0.1, -0.05) is 18.2 Å². The Kier molecular flexibility index (Phi) is 4.83. The molecule has 14 heavy (non-hydrogen) atoms. The molecule has 0 aromatic heterocycles. The Morgan fingerprint density at radius 1 is 1.29 bits per heavy atom. The summed E-state index contributed by atoms with van der Waals surface area (Å²) in [5, 5.41) is 0. The van der Waals surface area contributed by atoms with Crippen LogP contribution in [0.5, 0.6) is 0 Å². The summed E-state index contributed by atoms with van der Waals surface area (Å²) >= 11 is 0. The van der Waals surface area contributed by atoms with Crippen LogP contribution in [0.1, 0.15) is 12.0 Å². The summed E-state index contributed by atoms with van der Waals surface area (Å²) in [6.45, 7) is 4.96. The van der Waals surface area contributed by atoms with Crippen molar-refractivity contribution in [3.05, 3.63) is 35.6 Å². The van der Waals surface area contributed by atoms with Crippen LogP contribution in [0.4, 0.5) is 4.39 Å². The lowest BCUT2D eigenvalue weighted by Crippen LogP contribution is -2.09. The maximum atomic E-state index is 13.1. The van der Waals surface area contributed by atoms with E-state index in [1.54, 1.807) is 6.07 Å². The lowest BCUT2D eigenvalue weighted by molar-refractivity contribution is 0.318. The summed E-state index contributed by atoms with van der Waals surface area (Å²) in [6.07, 6.45) is 1.67. The Morgan fingerprint density at radius 3 is 2.64 bits per heavy atom. The summed E-state index contributed by atoms with van der Waals surface area (Å²) in [5.41, 5.74) is 0.789. The first-order valence-electron chi connectivity index (χ1n) is 4.86. The van der Waals surface area contributed by atoms with Crippen LogP contribution in [0.3, 0.4) is 0 Å². The van der Waals surface area contributed by atoms with E-state index in [0.29, 0.717) is 0 Å². The molecular formula is C11H16FOSi. The molecule has 0 saturated carbocycles. The van der Waals surface area contributed by atoms with E-state index in [2.05, 4.69) is 13.1 Å². The van der Waals surface area contributed by atoms with Gasteiger partial charge >= 0.3 is 0 Å². The maximum absolute atomic E-state index is 13.1. The number of benzene rings is 1. The number of hydrogen-bond acceptors (Lipinski definition) is 1. The van der Waals surface area contributed by atoms with Gasteiger partial charge in [-0.15, -0.1) is 0 Å². The van der Waals surface area contributed by atoms with Crippen LogP contribution in [0.15, 0.2) is 24.3 Å². The molecule has 0 atom stereocenters. The van der Waals surface area contributed by atoms with Gasteiger partial charge in [-0.3, -0.25) is 0 Å². The zero-order valence-electron chi connectivity index (χ0n) is 8.72. The van der Waals surface area contributed by atoms with Gasteiger partial charge < -0.3 is 4.43 Å². The summed E-state index contributed by atoms with van der Waals surface area (Å²) in [6, 6.07) is 6.92. The summed E-state index contributed by atoms with van der Waals surface area (Å²) in [7, 11) is -0.592. The number of rotatable bonds is 5. The van der Waals surface area contributed by atoms with Crippen LogP contribution in [-0.4, -0.2) is 15.6 Å². The van der Waals surface area contributed by atoms with Gasteiger partial charge in [-0.2, -0.15) is 0 Å². The highest BCUT2D eigenvalue weighted by atomic mass is 28.3. The van der Waals surface area contributed by atoms with Crippen LogP contribution in [0.25, 0.3) is 0 Å². The average molecular weight is 211 g/mol. The van der Waals surface area contributed by atoms with Crippen LogP contribution in [-0.2, 0) is 10.8 Å². The first-order valence-corrected chi connectivity index (χ1v) is 7.27. The van der Waals surface area contributed by atoms with Crippen molar-refractivity contribution in [2.24, 2.45) is 0 Å². The summed E-state index contributed by atoms with van der Waals surface area (Å²) in [5.74, 6) is -0.106. The SMILES string of the molecule is C[Si](C)OCCCc1ccccc1F. The molecule has 1 radical (unpaired) electrons. The van der Waals surface area contributed by atoms with E-state index in [0.717, 1.165) is 25.0 Å². The van der Waals surface area contributed by atoms with Gasteiger partial charge in [0.1, 0.15) is 5.82 Å². The number of hydrogen-bond donors (Lipinski definition) is 0. The van der Waals surface area contributed by atoms with E-state index in [-0.39, 0.29) is 5.82 Å². The predicted octanol–water partition coefficient (Wildman–Crippen LogP) is 3.03. The predicted molar refractivity (Wildman–Crippen MR) is 58.2 cm³/mol. The molecule has 1 aromatic carbocycles. The minimum absolute atomic E-state index is 0.106. The van der Waals surface area contributed by atoms with Gasteiger partial charge in [0.2, 0.25) is 9.04 Å². The van der Waals surface area contributed by atoms with Crippen LogP contribution >= 0.6 is 0 Å². The fraction of sp³-hybridized carbons (Fsp3) is 0.455. The largest absolute Gasteiger partial charge is 0.417 e. The molecule has 0 spiro atoms. The second-order valence-electron chi connectivity index (χ2n) is 3.45. The summed E-state index contributed by atoms with van der Waals surface area (Å²) < 4.78 is 18.6. The fourth-order valence-corrected chi connectivity index (χ4v) is 1.79. The smallest absolute Gasteiger partial charge is 0.204 e. The zero-order chi connectivity index (χ0) is 10.4. The molecule has 0 fully saturated rings. The highest BCUT2D eigenvalue weighted by Gasteiger charge is 2.01. The van der Waals surface area contributed by atoms with Crippen molar-refractivity contribution in [2.45, 2.75) is 25.9 Å². The van der Waals surface area contributed by atoms with Crippen LogP contribution in [0, 0.1) is 5.82 Å². The van der Waals surface area contributed by atoms with Crippen molar-refractivity contribution >= 4 is 9.04 Å². The molecule has 0 amide bonds. The van der Waals surface area contributed by atoms with E-state index in [1.807, 2.05) is 12.1 Å². The highest BCUT2D eigenvalue weighted by Crippen LogP contribution is 2.08. The fourth-order valence-electron chi connectivity index (χ4n) is 1.24. The topological polar surface area (TPSA) is 9.23 Å². The Morgan fingerprint density at radius 2 is 2.00 bits per heavy atom. The lowest BCUT2D eigenvalue weighted by atomic mass is 10.1. The second kappa shape index (κ2) is 5.93. The molecular weight excluding hydrogens is 195 g/mol. The Bertz CT molecular complexity index is 276. The Hall–Kier alpha value is -0.673. The third-order valence-corrected chi connectivity index (χ3v) is 2.72. The van der Waals surface area contributed by atoms with Crippen molar-refractivity contribution < 1.29 is 8.82 Å². The van der Waals surface area contributed by atoms with Crippen molar-refractivity contribution in [2.75, 3.05) is 6.61 Å². The minimum atomic E-state index is -0.592. The molecule has 77 valence electrons. The second-order valence-corrected chi connectivity index (χ2v) is 5.56. The third-order valence-electron chi connectivity index (χ3n) is 1.94. The molecule has 0 heterocycles. The van der Waals surface area contributed by atoms with Crippen LogP contribution < -0.4 is 0 Å². The van der Waals surface area contributed by atoms with Crippen molar-refractivity contribution in [3.8, 4) is 0 Å². The van der Waals surface area contributed by atoms with Gasteiger partial charge in [-0.05, 0) is 37.6 Å². The minimum Gasteiger partial charge on any atom is -0.417 e. The van der Waals surface area contributed by atoms with E-state index in [4.69, 9.17) is 4.43 Å². The zero-order valence-corrected chi connectivity index (χ0v) is 9.72. The number of halogens is 1. The van der Waals surface area contributed by atoms with Gasteiger partial charge in [0.05, 0.1) is 0 Å². The molecule has 1 rings (SSSR count). The number of aryl methyl sites for hydroxylation is 1. The van der Waals surface area contributed by atoms with Gasteiger partial charge in [-0.25, -0.2) is 4.39 Å². The molecule has 0 aliphatic heterocycles. The molecule has 1 nitrogen and oxygen atoms in total. The van der Waals surface area contributed by atoms with Gasteiger partial charge in [0, 0.05) is 6.61 Å². The van der Waals surface area contributed by atoms with Crippen LogP contribution in [0.2, 0.25) is 13.1 Å². The first kappa shape index (κ1) is 11.4. The monoisotopic (exact) mass is 211 g/mol. The van der Waals surface area contributed by atoms with Crippen molar-refractivity contribution in [1.29, 1.82) is 0 Å². The maximum Gasteiger partial charge on any atom is 0.204 e. The van der Waals surface area contributed by atoms with E-state index >= 15 is 0 Å².